The molecule has 0 radical (unpaired) electrons. The van der Waals surface area contributed by atoms with Crippen LogP contribution in [-0.4, -0.2) is 34.6 Å². The van der Waals surface area contributed by atoms with Gasteiger partial charge in [0.05, 0.1) is 5.92 Å². The van der Waals surface area contributed by atoms with Crippen LogP contribution in [0, 0.1) is 11.8 Å². The van der Waals surface area contributed by atoms with Crippen molar-refractivity contribution < 1.29 is 14.7 Å². The lowest BCUT2D eigenvalue weighted by atomic mass is 9.86. The second kappa shape index (κ2) is 8.09. The van der Waals surface area contributed by atoms with Crippen LogP contribution >= 0.6 is 11.6 Å². The molecule has 3 rings (SSSR count). The van der Waals surface area contributed by atoms with E-state index in [0.29, 0.717) is 30.3 Å². The number of nitrogens with one attached hydrogen (secondary N) is 1. The molecule has 6 heteroatoms. The van der Waals surface area contributed by atoms with Crippen molar-refractivity contribution in [2.45, 2.75) is 51.1 Å². The number of carboxylic acid groups (broad SMARTS) is 1. The minimum Gasteiger partial charge on any atom is -0.481 e. The van der Waals surface area contributed by atoms with Gasteiger partial charge in [0, 0.05) is 24.2 Å². The number of carbonyl (C=O) groups excluding carboxylic acids is 1. The Balaban J connectivity index is 1.58. The van der Waals surface area contributed by atoms with Crippen LogP contribution in [0.4, 0.5) is 4.79 Å². The molecule has 0 heterocycles. The number of carbonyl (C=O) groups is 2. The van der Waals surface area contributed by atoms with Gasteiger partial charge in [0.15, 0.2) is 0 Å². The molecule has 0 spiro atoms. The fraction of sp³-hybridized carbons (Fsp3) is 0.579. The summed E-state index contributed by atoms with van der Waals surface area (Å²) in [6.45, 7) is 1.26. The highest BCUT2D eigenvalue weighted by Crippen LogP contribution is 2.31. The molecular formula is C19H25ClN2O3. The quantitative estimate of drug-likeness (QED) is 0.804. The highest BCUT2D eigenvalue weighted by atomic mass is 35.5. The van der Waals surface area contributed by atoms with Gasteiger partial charge in [-0.25, -0.2) is 4.79 Å². The second-order valence-electron chi connectivity index (χ2n) is 7.25. The highest BCUT2D eigenvalue weighted by Gasteiger charge is 2.30. The Bertz CT molecular complexity index is 625. The van der Waals surface area contributed by atoms with E-state index in [1.807, 2.05) is 29.2 Å². The van der Waals surface area contributed by atoms with Crippen LogP contribution < -0.4 is 5.32 Å². The van der Waals surface area contributed by atoms with Crippen molar-refractivity contribution in [3.63, 3.8) is 0 Å². The Morgan fingerprint density at radius 1 is 1.12 bits per heavy atom. The maximum absolute atomic E-state index is 12.8. The molecule has 0 aromatic heterocycles. The summed E-state index contributed by atoms with van der Waals surface area (Å²) >= 11 is 6.25. The van der Waals surface area contributed by atoms with Crippen molar-refractivity contribution in [3.05, 3.63) is 34.9 Å². The number of nitrogens with zero attached hydrogens (tertiary/aromatic N) is 1. The molecule has 0 unspecified atom stereocenters. The van der Waals surface area contributed by atoms with E-state index in [9.17, 15) is 9.59 Å². The van der Waals surface area contributed by atoms with Gasteiger partial charge in [-0.3, -0.25) is 4.79 Å². The molecule has 2 amide bonds. The first-order valence-corrected chi connectivity index (χ1v) is 9.42. The lowest BCUT2D eigenvalue weighted by Gasteiger charge is -2.30. The van der Waals surface area contributed by atoms with Gasteiger partial charge in [0.1, 0.15) is 0 Å². The lowest BCUT2D eigenvalue weighted by Crippen LogP contribution is -2.46. The number of hydrogen-bond acceptors (Lipinski definition) is 2. The lowest BCUT2D eigenvalue weighted by molar-refractivity contribution is -0.142. The smallest absolute Gasteiger partial charge is 0.317 e. The zero-order chi connectivity index (χ0) is 17.8. The molecule has 2 saturated carbocycles. The van der Waals surface area contributed by atoms with Gasteiger partial charge in [0.2, 0.25) is 0 Å². The third kappa shape index (κ3) is 5.11. The van der Waals surface area contributed by atoms with Crippen LogP contribution in [0.25, 0.3) is 0 Å². The molecule has 0 atom stereocenters. The molecule has 136 valence electrons. The molecule has 0 saturated heterocycles. The number of rotatable bonds is 6. The zero-order valence-electron chi connectivity index (χ0n) is 14.3. The van der Waals surface area contributed by atoms with E-state index in [2.05, 4.69) is 5.32 Å². The maximum atomic E-state index is 12.8. The topological polar surface area (TPSA) is 69.6 Å². The minimum absolute atomic E-state index is 0.0643. The van der Waals surface area contributed by atoms with E-state index in [4.69, 9.17) is 16.7 Å². The number of aliphatic carboxylic acids is 1. The summed E-state index contributed by atoms with van der Waals surface area (Å²) in [5, 5.41) is 12.9. The molecule has 2 N–H and O–H groups in total. The summed E-state index contributed by atoms with van der Waals surface area (Å²) in [4.78, 5) is 25.7. The van der Waals surface area contributed by atoms with Crippen LogP contribution in [0.1, 0.15) is 44.1 Å². The summed E-state index contributed by atoms with van der Waals surface area (Å²) in [5.74, 6) is -0.395. The van der Waals surface area contributed by atoms with Crippen molar-refractivity contribution >= 4 is 23.6 Å². The third-order valence-electron chi connectivity index (χ3n) is 5.19. The van der Waals surface area contributed by atoms with E-state index in [1.54, 1.807) is 0 Å². The van der Waals surface area contributed by atoms with Gasteiger partial charge in [-0.15, -0.1) is 0 Å². The molecule has 0 aliphatic heterocycles. The Hall–Kier alpha value is -1.75. The van der Waals surface area contributed by atoms with E-state index in [0.717, 1.165) is 24.9 Å². The maximum Gasteiger partial charge on any atom is 0.317 e. The Labute approximate surface area is 153 Å². The molecule has 1 aromatic carbocycles. The van der Waals surface area contributed by atoms with Crippen LogP contribution in [0.2, 0.25) is 5.02 Å². The summed E-state index contributed by atoms with van der Waals surface area (Å²) in [7, 11) is 0. The fourth-order valence-electron chi connectivity index (χ4n) is 3.41. The summed E-state index contributed by atoms with van der Waals surface area (Å²) in [6, 6.07) is 7.62. The monoisotopic (exact) mass is 364 g/mol. The summed E-state index contributed by atoms with van der Waals surface area (Å²) in [5.41, 5.74) is 0.953. The predicted molar refractivity (Wildman–Crippen MR) is 96.5 cm³/mol. The standard InChI is InChI=1S/C19H25ClN2O3/c20-17-4-2-1-3-15(17)12-22(11-13-5-6-13)19(25)21-16-9-7-14(8-10-16)18(23)24/h1-4,13-14,16H,5-12H2,(H,21,25)(H,23,24). The molecule has 25 heavy (non-hydrogen) atoms. The van der Waals surface area contributed by atoms with Crippen molar-refractivity contribution in [2.24, 2.45) is 11.8 Å². The highest BCUT2D eigenvalue weighted by molar-refractivity contribution is 6.31. The SMILES string of the molecule is O=C(O)C1CCC(NC(=O)N(Cc2ccccc2Cl)CC2CC2)CC1. The van der Waals surface area contributed by atoms with Crippen LogP contribution in [0.5, 0.6) is 0 Å². The number of hydrogen-bond donors (Lipinski definition) is 2. The van der Waals surface area contributed by atoms with E-state index < -0.39 is 5.97 Å². The first-order valence-electron chi connectivity index (χ1n) is 9.04. The Kier molecular flexibility index (Phi) is 5.84. The molecule has 5 nitrogen and oxygen atoms in total. The zero-order valence-corrected chi connectivity index (χ0v) is 15.0. The largest absolute Gasteiger partial charge is 0.481 e. The Morgan fingerprint density at radius 3 is 2.40 bits per heavy atom. The predicted octanol–water partition coefficient (Wildman–Crippen LogP) is 3.91. The minimum atomic E-state index is -0.723. The number of amides is 2. The molecule has 2 aliphatic rings. The van der Waals surface area contributed by atoms with Crippen molar-refractivity contribution in [1.82, 2.24) is 10.2 Å². The van der Waals surface area contributed by atoms with Gasteiger partial charge in [-0.05, 0) is 56.1 Å². The second-order valence-corrected chi connectivity index (χ2v) is 7.66. The van der Waals surface area contributed by atoms with Gasteiger partial charge < -0.3 is 15.3 Å². The van der Waals surface area contributed by atoms with Crippen molar-refractivity contribution in [3.8, 4) is 0 Å². The van der Waals surface area contributed by atoms with Gasteiger partial charge in [-0.2, -0.15) is 0 Å². The van der Waals surface area contributed by atoms with Crippen LogP contribution in [-0.2, 0) is 11.3 Å². The van der Waals surface area contributed by atoms with Crippen LogP contribution in [0.3, 0.4) is 0 Å². The summed E-state index contributed by atoms with van der Waals surface area (Å²) < 4.78 is 0. The average molecular weight is 365 g/mol. The molecule has 0 bridgehead atoms. The Morgan fingerprint density at radius 2 is 1.80 bits per heavy atom. The molecule has 1 aromatic rings. The van der Waals surface area contributed by atoms with E-state index in [-0.39, 0.29) is 18.0 Å². The van der Waals surface area contributed by atoms with Crippen molar-refractivity contribution in [2.75, 3.05) is 6.54 Å². The van der Waals surface area contributed by atoms with Gasteiger partial charge in [0.25, 0.3) is 0 Å². The first kappa shape index (κ1) is 18.1. The van der Waals surface area contributed by atoms with E-state index in [1.165, 1.54) is 12.8 Å². The number of halogens is 1. The summed E-state index contributed by atoms with van der Waals surface area (Å²) in [6.07, 6.45) is 5.07. The van der Waals surface area contributed by atoms with Gasteiger partial charge in [-0.1, -0.05) is 29.8 Å². The van der Waals surface area contributed by atoms with Gasteiger partial charge >= 0.3 is 12.0 Å². The molecule has 2 aliphatic carbocycles. The average Bonchev–Trinajstić information content (AvgIpc) is 3.40. The third-order valence-corrected chi connectivity index (χ3v) is 5.55. The number of benzene rings is 1. The number of carboxylic acids is 1. The van der Waals surface area contributed by atoms with Crippen molar-refractivity contribution in [1.29, 1.82) is 0 Å². The number of urea groups is 1. The van der Waals surface area contributed by atoms with E-state index >= 15 is 0 Å². The fourth-order valence-corrected chi connectivity index (χ4v) is 3.61. The van der Waals surface area contributed by atoms with Crippen LogP contribution in [0.15, 0.2) is 24.3 Å². The normalized spacial score (nSPS) is 23.1. The molecular weight excluding hydrogens is 340 g/mol. The first-order chi connectivity index (χ1) is 12.0. The molecule has 2 fully saturated rings.